The third-order valence-corrected chi connectivity index (χ3v) is 5.34. The monoisotopic (exact) mass is 340 g/mol. The van der Waals surface area contributed by atoms with Gasteiger partial charge in [0.25, 0.3) is 0 Å². The molecule has 3 rings (SSSR count). The second-order valence-corrected chi connectivity index (χ2v) is 7.17. The van der Waals surface area contributed by atoms with Crippen LogP contribution in [0.1, 0.15) is 57.2 Å². The number of rotatable bonds is 7. The van der Waals surface area contributed by atoms with Crippen molar-refractivity contribution in [1.82, 2.24) is 20.2 Å². The molecule has 0 bridgehead atoms. The molecule has 2 N–H and O–H groups in total. The van der Waals surface area contributed by atoms with E-state index in [2.05, 4.69) is 46.8 Å². The fourth-order valence-electron chi connectivity index (χ4n) is 3.75. The molecule has 1 aromatic heterocycles. The van der Waals surface area contributed by atoms with Crippen LogP contribution in [0.2, 0.25) is 0 Å². The number of amides is 1. The summed E-state index contributed by atoms with van der Waals surface area (Å²) in [5.74, 6) is 0.0402. The highest BCUT2D eigenvalue weighted by molar-refractivity contribution is 5.79. The van der Waals surface area contributed by atoms with E-state index in [1.165, 1.54) is 18.4 Å². The lowest BCUT2D eigenvalue weighted by Gasteiger charge is -2.34. The molecule has 1 heterocycles. The number of carbonyl (C=O) groups is 1. The molecule has 0 radical (unpaired) electrons. The van der Waals surface area contributed by atoms with Gasteiger partial charge in [-0.2, -0.15) is 0 Å². The number of hydrogen-bond acceptors (Lipinski definition) is 3. The highest BCUT2D eigenvalue weighted by Crippen LogP contribution is 2.32. The SMILES string of the molecule is C[C@H](NC1(CNC(=O)[C@@H](C)n2ccnc2)CCCC1)c1ccccc1. The fraction of sp³-hybridized carbons (Fsp3) is 0.500. The maximum atomic E-state index is 12.5. The van der Waals surface area contributed by atoms with Gasteiger partial charge >= 0.3 is 0 Å². The summed E-state index contributed by atoms with van der Waals surface area (Å²) in [5.41, 5.74) is 1.27. The minimum atomic E-state index is -0.243. The summed E-state index contributed by atoms with van der Waals surface area (Å²) in [6.07, 6.45) is 9.83. The molecule has 1 amide bonds. The van der Waals surface area contributed by atoms with E-state index in [1.807, 2.05) is 23.8 Å². The molecule has 1 aliphatic carbocycles. The summed E-state index contributed by atoms with van der Waals surface area (Å²) in [6.45, 7) is 4.77. The first kappa shape index (κ1) is 17.7. The molecule has 2 aromatic rings. The van der Waals surface area contributed by atoms with Gasteiger partial charge in [-0.05, 0) is 32.3 Å². The number of nitrogens with zero attached hydrogens (tertiary/aromatic N) is 2. The molecule has 1 aliphatic rings. The van der Waals surface area contributed by atoms with E-state index in [0.717, 1.165) is 12.8 Å². The zero-order valence-corrected chi connectivity index (χ0v) is 15.1. The Morgan fingerprint density at radius 3 is 2.60 bits per heavy atom. The zero-order valence-electron chi connectivity index (χ0n) is 15.1. The van der Waals surface area contributed by atoms with E-state index in [1.54, 1.807) is 12.5 Å². The van der Waals surface area contributed by atoms with Gasteiger partial charge in [0.15, 0.2) is 0 Å². The van der Waals surface area contributed by atoms with Crippen molar-refractivity contribution in [2.75, 3.05) is 6.54 Å². The van der Waals surface area contributed by atoms with Crippen LogP contribution in [0.15, 0.2) is 49.1 Å². The average Bonchev–Trinajstić information content (AvgIpc) is 3.32. The Morgan fingerprint density at radius 1 is 1.24 bits per heavy atom. The minimum Gasteiger partial charge on any atom is -0.352 e. The average molecular weight is 340 g/mol. The molecular weight excluding hydrogens is 312 g/mol. The van der Waals surface area contributed by atoms with Gasteiger partial charge in [-0.3, -0.25) is 4.79 Å². The van der Waals surface area contributed by atoms with Crippen molar-refractivity contribution < 1.29 is 4.79 Å². The third kappa shape index (κ3) is 4.28. The summed E-state index contributed by atoms with van der Waals surface area (Å²) in [7, 11) is 0. The lowest BCUT2D eigenvalue weighted by atomic mass is 9.94. The van der Waals surface area contributed by atoms with E-state index >= 15 is 0 Å². The van der Waals surface area contributed by atoms with Crippen LogP contribution in [0.4, 0.5) is 0 Å². The fourth-order valence-corrected chi connectivity index (χ4v) is 3.75. The zero-order chi connectivity index (χ0) is 17.7. The van der Waals surface area contributed by atoms with Gasteiger partial charge in [-0.15, -0.1) is 0 Å². The van der Waals surface area contributed by atoms with Crippen molar-refractivity contribution in [1.29, 1.82) is 0 Å². The molecule has 1 saturated carbocycles. The summed E-state index contributed by atoms with van der Waals surface area (Å²) in [6, 6.07) is 10.5. The van der Waals surface area contributed by atoms with Gasteiger partial charge in [-0.1, -0.05) is 43.2 Å². The Morgan fingerprint density at radius 2 is 1.96 bits per heavy atom. The van der Waals surface area contributed by atoms with Gasteiger partial charge in [0.1, 0.15) is 6.04 Å². The van der Waals surface area contributed by atoms with E-state index in [9.17, 15) is 4.79 Å². The molecule has 0 aliphatic heterocycles. The minimum absolute atomic E-state index is 0.0143. The van der Waals surface area contributed by atoms with E-state index in [-0.39, 0.29) is 23.5 Å². The molecule has 134 valence electrons. The van der Waals surface area contributed by atoms with Crippen molar-refractivity contribution in [3.05, 3.63) is 54.6 Å². The molecule has 1 fully saturated rings. The summed E-state index contributed by atoms with van der Waals surface area (Å²) >= 11 is 0. The summed E-state index contributed by atoms with van der Waals surface area (Å²) in [4.78, 5) is 16.5. The maximum Gasteiger partial charge on any atom is 0.242 e. The Hall–Kier alpha value is -2.14. The third-order valence-electron chi connectivity index (χ3n) is 5.34. The highest BCUT2D eigenvalue weighted by atomic mass is 16.2. The largest absolute Gasteiger partial charge is 0.352 e. The molecule has 5 heteroatoms. The Kier molecular flexibility index (Phi) is 5.53. The molecule has 1 aromatic carbocycles. The standard InChI is InChI=1S/C20H28N4O/c1-16(18-8-4-3-5-9-18)23-20(10-6-7-11-20)14-22-19(25)17(2)24-13-12-21-15-24/h3-5,8-9,12-13,15-17,23H,6-7,10-11,14H2,1-2H3,(H,22,25)/t16-,17+/m0/s1. The van der Waals surface area contributed by atoms with Crippen molar-refractivity contribution in [3.63, 3.8) is 0 Å². The number of imidazole rings is 1. The van der Waals surface area contributed by atoms with Gasteiger partial charge in [-0.25, -0.2) is 4.98 Å². The van der Waals surface area contributed by atoms with E-state index < -0.39 is 0 Å². The highest BCUT2D eigenvalue weighted by Gasteiger charge is 2.35. The number of benzene rings is 1. The first-order chi connectivity index (χ1) is 12.1. The van der Waals surface area contributed by atoms with Crippen LogP contribution in [-0.4, -0.2) is 27.5 Å². The summed E-state index contributed by atoms with van der Waals surface area (Å²) in [5, 5.41) is 6.96. The van der Waals surface area contributed by atoms with Crippen LogP contribution in [0.3, 0.4) is 0 Å². The molecule has 5 nitrogen and oxygen atoms in total. The first-order valence-electron chi connectivity index (χ1n) is 9.17. The molecule has 2 atom stereocenters. The van der Waals surface area contributed by atoms with E-state index in [0.29, 0.717) is 6.54 Å². The number of aromatic nitrogens is 2. The predicted octanol–water partition coefficient (Wildman–Crippen LogP) is 3.22. The number of nitrogens with one attached hydrogen (secondary N) is 2. The maximum absolute atomic E-state index is 12.5. The second-order valence-electron chi connectivity index (χ2n) is 7.17. The van der Waals surface area contributed by atoms with Crippen molar-refractivity contribution >= 4 is 5.91 Å². The number of hydrogen-bond donors (Lipinski definition) is 2. The molecular formula is C20H28N4O. The van der Waals surface area contributed by atoms with Gasteiger partial charge in [0.05, 0.1) is 6.33 Å². The normalized spacial score (nSPS) is 18.6. The van der Waals surface area contributed by atoms with Gasteiger partial charge in [0.2, 0.25) is 5.91 Å². The van der Waals surface area contributed by atoms with Crippen molar-refractivity contribution in [2.45, 2.75) is 57.2 Å². The second kappa shape index (κ2) is 7.83. The van der Waals surface area contributed by atoms with Crippen LogP contribution in [0, 0.1) is 0 Å². The topological polar surface area (TPSA) is 58.9 Å². The molecule has 0 saturated heterocycles. The van der Waals surface area contributed by atoms with Gasteiger partial charge < -0.3 is 15.2 Å². The van der Waals surface area contributed by atoms with Crippen LogP contribution < -0.4 is 10.6 Å². The Bertz CT molecular complexity index is 662. The van der Waals surface area contributed by atoms with Crippen LogP contribution >= 0.6 is 0 Å². The van der Waals surface area contributed by atoms with Crippen molar-refractivity contribution in [2.24, 2.45) is 0 Å². The number of carbonyl (C=O) groups excluding carboxylic acids is 1. The summed E-state index contributed by atoms with van der Waals surface area (Å²) < 4.78 is 1.83. The van der Waals surface area contributed by atoms with Crippen molar-refractivity contribution in [3.8, 4) is 0 Å². The Labute approximate surface area is 149 Å². The van der Waals surface area contributed by atoms with Crippen LogP contribution in [-0.2, 0) is 4.79 Å². The van der Waals surface area contributed by atoms with E-state index in [4.69, 9.17) is 0 Å². The Balaban J connectivity index is 1.61. The smallest absolute Gasteiger partial charge is 0.242 e. The molecule has 25 heavy (non-hydrogen) atoms. The van der Waals surface area contributed by atoms with Crippen LogP contribution in [0.5, 0.6) is 0 Å². The quantitative estimate of drug-likeness (QED) is 0.813. The molecule has 0 unspecified atom stereocenters. The molecule has 0 spiro atoms. The van der Waals surface area contributed by atoms with Crippen LogP contribution in [0.25, 0.3) is 0 Å². The van der Waals surface area contributed by atoms with Gasteiger partial charge in [0, 0.05) is 30.5 Å². The predicted molar refractivity (Wildman–Crippen MR) is 99.1 cm³/mol. The first-order valence-corrected chi connectivity index (χ1v) is 9.17. The lowest BCUT2D eigenvalue weighted by molar-refractivity contribution is -0.124. The lowest BCUT2D eigenvalue weighted by Crippen LogP contribution is -2.53.